The highest BCUT2D eigenvalue weighted by Gasteiger charge is 2.09. The van der Waals surface area contributed by atoms with Gasteiger partial charge in [0.25, 0.3) is 5.56 Å². The monoisotopic (exact) mass is 391 g/mol. The minimum atomic E-state index is -0.441. The number of benzene rings is 1. The topological polar surface area (TPSA) is 84.0 Å². The molecule has 0 unspecified atom stereocenters. The number of amides is 1. The fourth-order valence-corrected chi connectivity index (χ4v) is 3.58. The van der Waals surface area contributed by atoms with Crippen LogP contribution < -0.4 is 16.6 Å². The number of nitrogens with zero attached hydrogens (tertiary/aromatic N) is 1. The van der Waals surface area contributed by atoms with Gasteiger partial charge in [0.1, 0.15) is 4.70 Å². The third kappa shape index (κ3) is 4.42. The van der Waals surface area contributed by atoms with Crippen molar-refractivity contribution in [3.8, 4) is 0 Å². The SMILES string of the molecule is O=C(CCCn1c(=O)[nH]c2ccsc2c1=O)NCCc1ccc(Cl)cc1. The van der Waals surface area contributed by atoms with Crippen molar-refractivity contribution in [1.82, 2.24) is 14.9 Å². The van der Waals surface area contributed by atoms with Crippen LogP contribution in [-0.4, -0.2) is 22.0 Å². The van der Waals surface area contributed by atoms with Gasteiger partial charge in [-0.2, -0.15) is 0 Å². The number of carbonyl (C=O) groups excluding carboxylic acids is 1. The van der Waals surface area contributed by atoms with E-state index in [1.807, 2.05) is 24.3 Å². The molecule has 0 fully saturated rings. The molecule has 0 bridgehead atoms. The molecule has 0 aliphatic heterocycles. The maximum atomic E-state index is 12.3. The highest BCUT2D eigenvalue weighted by atomic mass is 35.5. The lowest BCUT2D eigenvalue weighted by molar-refractivity contribution is -0.121. The van der Waals surface area contributed by atoms with E-state index in [4.69, 9.17) is 11.6 Å². The van der Waals surface area contributed by atoms with Gasteiger partial charge in [-0.05, 0) is 42.0 Å². The van der Waals surface area contributed by atoms with Gasteiger partial charge in [-0.15, -0.1) is 11.3 Å². The van der Waals surface area contributed by atoms with E-state index in [0.29, 0.717) is 28.2 Å². The van der Waals surface area contributed by atoms with Crippen molar-refractivity contribution < 1.29 is 4.79 Å². The molecule has 26 heavy (non-hydrogen) atoms. The summed E-state index contributed by atoms with van der Waals surface area (Å²) in [5.41, 5.74) is 0.907. The fraction of sp³-hybridized carbons (Fsp3) is 0.278. The Bertz CT molecular complexity index is 1020. The van der Waals surface area contributed by atoms with Crippen molar-refractivity contribution in [3.05, 3.63) is 67.1 Å². The summed E-state index contributed by atoms with van der Waals surface area (Å²) < 4.78 is 1.68. The van der Waals surface area contributed by atoms with Gasteiger partial charge in [0, 0.05) is 24.5 Å². The molecule has 0 aliphatic rings. The van der Waals surface area contributed by atoms with Crippen LogP contribution in [-0.2, 0) is 17.8 Å². The summed E-state index contributed by atoms with van der Waals surface area (Å²) in [5.74, 6) is -0.0966. The molecule has 0 radical (unpaired) electrons. The van der Waals surface area contributed by atoms with E-state index in [1.165, 1.54) is 11.3 Å². The van der Waals surface area contributed by atoms with Gasteiger partial charge in [-0.3, -0.25) is 14.2 Å². The molecule has 1 aromatic carbocycles. The number of aromatic amines is 1. The lowest BCUT2D eigenvalue weighted by Gasteiger charge is -2.07. The van der Waals surface area contributed by atoms with Crippen molar-refractivity contribution in [1.29, 1.82) is 0 Å². The van der Waals surface area contributed by atoms with Crippen molar-refractivity contribution in [2.24, 2.45) is 0 Å². The van der Waals surface area contributed by atoms with Crippen molar-refractivity contribution in [2.75, 3.05) is 6.54 Å². The van der Waals surface area contributed by atoms with Crippen LogP contribution in [0.4, 0.5) is 0 Å². The Morgan fingerprint density at radius 2 is 1.96 bits per heavy atom. The standard InChI is InChI=1S/C18H18ClN3O3S/c19-13-5-3-12(4-6-13)7-9-20-15(23)2-1-10-22-17(24)16-14(8-11-26-16)21-18(22)25/h3-6,8,11H,1-2,7,9-10H2,(H,20,23)(H,21,25). The lowest BCUT2D eigenvalue weighted by atomic mass is 10.1. The number of carbonyl (C=O) groups is 1. The summed E-state index contributed by atoms with van der Waals surface area (Å²) in [6.45, 7) is 0.745. The van der Waals surface area contributed by atoms with Gasteiger partial charge in [0.15, 0.2) is 0 Å². The zero-order valence-electron chi connectivity index (χ0n) is 14.0. The van der Waals surface area contributed by atoms with Crippen LogP contribution in [0.15, 0.2) is 45.3 Å². The number of thiophene rings is 1. The molecule has 1 amide bonds. The molecule has 136 valence electrons. The van der Waals surface area contributed by atoms with Gasteiger partial charge >= 0.3 is 5.69 Å². The Kier molecular flexibility index (Phi) is 5.90. The number of halogens is 1. The molecule has 2 aromatic heterocycles. The Morgan fingerprint density at radius 1 is 1.19 bits per heavy atom. The molecule has 0 saturated carbocycles. The third-order valence-corrected chi connectivity index (χ3v) is 5.18. The average Bonchev–Trinajstić information content (AvgIpc) is 3.08. The fourth-order valence-electron chi connectivity index (χ4n) is 2.66. The van der Waals surface area contributed by atoms with Gasteiger partial charge in [0.05, 0.1) is 5.52 Å². The van der Waals surface area contributed by atoms with E-state index >= 15 is 0 Å². The number of rotatable bonds is 7. The predicted molar refractivity (Wildman–Crippen MR) is 104 cm³/mol. The molecule has 8 heteroatoms. The summed E-state index contributed by atoms with van der Waals surface area (Å²) in [7, 11) is 0. The second-order valence-corrected chi connectivity index (χ2v) is 7.23. The van der Waals surface area contributed by atoms with E-state index in [1.54, 1.807) is 11.4 Å². The molecule has 2 N–H and O–H groups in total. The normalized spacial score (nSPS) is 11.0. The summed E-state index contributed by atoms with van der Waals surface area (Å²) >= 11 is 7.13. The molecule has 3 rings (SSSR count). The Hall–Kier alpha value is -2.38. The van der Waals surface area contributed by atoms with Crippen LogP contribution in [0.25, 0.3) is 10.2 Å². The maximum absolute atomic E-state index is 12.3. The molecule has 0 atom stereocenters. The number of nitrogens with one attached hydrogen (secondary N) is 2. The maximum Gasteiger partial charge on any atom is 0.328 e. The minimum Gasteiger partial charge on any atom is -0.356 e. The Labute approximate surface area is 158 Å². The van der Waals surface area contributed by atoms with Crippen LogP contribution in [0.2, 0.25) is 5.02 Å². The van der Waals surface area contributed by atoms with Crippen LogP contribution >= 0.6 is 22.9 Å². The molecular weight excluding hydrogens is 374 g/mol. The second-order valence-electron chi connectivity index (χ2n) is 5.88. The molecule has 6 nitrogen and oxygen atoms in total. The Balaban J connectivity index is 1.47. The molecular formula is C18H18ClN3O3S. The minimum absolute atomic E-state index is 0.0966. The van der Waals surface area contributed by atoms with E-state index in [9.17, 15) is 14.4 Å². The average molecular weight is 392 g/mol. The summed E-state index contributed by atoms with van der Waals surface area (Å²) in [4.78, 5) is 38.9. The third-order valence-electron chi connectivity index (χ3n) is 4.03. The zero-order valence-corrected chi connectivity index (χ0v) is 15.5. The molecule has 0 aliphatic carbocycles. The lowest BCUT2D eigenvalue weighted by Crippen LogP contribution is -2.35. The summed E-state index contributed by atoms with van der Waals surface area (Å²) in [6, 6.07) is 9.19. The largest absolute Gasteiger partial charge is 0.356 e. The van der Waals surface area contributed by atoms with Gasteiger partial charge in [-0.25, -0.2) is 4.79 Å². The number of hydrogen-bond donors (Lipinski definition) is 2. The van der Waals surface area contributed by atoms with Crippen molar-refractivity contribution in [2.45, 2.75) is 25.8 Å². The van der Waals surface area contributed by atoms with Crippen molar-refractivity contribution >= 4 is 39.1 Å². The first-order valence-electron chi connectivity index (χ1n) is 8.26. The smallest absolute Gasteiger partial charge is 0.328 e. The van der Waals surface area contributed by atoms with E-state index in [-0.39, 0.29) is 24.4 Å². The molecule has 2 heterocycles. The Morgan fingerprint density at radius 3 is 2.73 bits per heavy atom. The van der Waals surface area contributed by atoms with Gasteiger partial charge in [-0.1, -0.05) is 23.7 Å². The zero-order chi connectivity index (χ0) is 18.5. The highest BCUT2D eigenvalue weighted by molar-refractivity contribution is 7.17. The molecule has 0 spiro atoms. The molecule has 3 aromatic rings. The molecule has 0 saturated heterocycles. The number of H-pyrrole nitrogens is 1. The number of hydrogen-bond acceptors (Lipinski definition) is 4. The highest BCUT2D eigenvalue weighted by Crippen LogP contribution is 2.12. The van der Waals surface area contributed by atoms with Gasteiger partial charge < -0.3 is 10.3 Å². The second kappa shape index (κ2) is 8.33. The first kappa shape index (κ1) is 18.4. The predicted octanol–water partition coefficient (Wildman–Crippen LogP) is 2.54. The van der Waals surface area contributed by atoms with Gasteiger partial charge in [0.2, 0.25) is 5.91 Å². The summed E-state index contributed by atoms with van der Waals surface area (Å²) in [5, 5.41) is 5.29. The summed E-state index contributed by atoms with van der Waals surface area (Å²) in [6.07, 6.45) is 1.40. The van der Waals surface area contributed by atoms with Crippen LogP contribution in [0.5, 0.6) is 0 Å². The van der Waals surface area contributed by atoms with Crippen molar-refractivity contribution in [3.63, 3.8) is 0 Å². The number of aromatic nitrogens is 2. The van der Waals surface area contributed by atoms with Crippen LogP contribution in [0, 0.1) is 0 Å². The quantitative estimate of drug-likeness (QED) is 0.649. The van der Waals surface area contributed by atoms with Crippen LogP contribution in [0.1, 0.15) is 18.4 Å². The van der Waals surface area contributed by atoms with Crippen LogP contribution in [0.3, 0.4) is 0 Å². The van der Waals surface area contributed by atoms with E-state index in [0.717, 1.165) is 16.6 Å². The number of fused-ring (bicyclic) bond motifs is 1. The van der Waals surface area contributed by atoms with E-state index < -0.39 is 5.69 Å². The van der Waals surface area contributed by atoms with E-state index in [2.05, 4.69) is 10.3 Å². The first-order valence-corrected chi connectivity index (χ1v) is 9.52. The first-order chi connectivity index (χ1) is 12.5.